The number of benzene rings is 6. The highest BCUT2D eigenvalue weighted by Gasteiger charge is 2.29. The Morgan fingerprint density at radius 2 is 0.892 bits per heavy atom. The summed E-state index contributed by atoms with van der Waals surface area (Å²) in [4.78, 5) is 62.1. The average molecular weight is 1280 g/mol. The first-order valence-corrected chi connectivity index (χ1v) is 28.7. The fourth-order valence-electron chi connectivity index (χ4n) is 9.86. The average Bonchev–Trinajstić information content (AvgIpc) is 0.790. The molecule has 26 heteroatoms. The maximum Gasteiger partial charge on any atom is 0.271 e. The predicted molar refractivity (Wildman–Crippen MR) is 331 cm³/mol. The molecule has 2 aliphatic rings. The lowest BCUT2D eigenvalue weighted by Crippen LogP contribution is -2.29. The standard InChI is InChI=1S/C34H29F2N3O8.C33H27F2N3O8/c1-3-43-26-11-13-39(22-7-4-20(35)5-8-22)34(41)30(26)33(40)38-21-6-9-25(23(36)18-21)47-27-10-12-37-24-19-28(44-15-14-42-2)31-32(29(24)27)46-17-16-45-31;1-41-13-14-43-27-18-23-28(31-30(27)44-15-16-45-31)26(9-11-36-23)46-24-8-5-20(17-22(24)35)37-32(39)29-25(42-2)10-12-38(33(29)40)21-6-3-19(34)4-7-21/h4-13,18-19H,3,14-17H2,1-2H3,(H,38,40);3-12,17-18H,13-16H2,1-2H3,(H,37,39). The van der Waals surface area contributed by atoms with Gasteiger partial charge in [0.15, 0.2) is 46.1 Å². The number of rotatable bonds is 21. The van der Waals surface area contributed by atoms with Gasteiger partial charge in [-0.15, -0.1) is 0 Å². The zero-order valence-corrected chi connectivity index (χ0v) is 50.1. The number of anilines is 2. The Kier molecular flexibility index (Phi) is 19.5. The molecule has 2 aliphatic heterocycles. The van der Waals surface area contributed by atoms with Gasteiger partial charge in [0.05, 0.1) is 48.7 Å². The number of methoxy groups -OCH3 is 3. The fraction of sp³-hybridized carbons (Fsp3) is 0.194. The van der Waals surface area contributed by atoms with E-state index in [9.17, 15) is 28.0 Å². The van der Waals surface area contributed by atoms with Crippen molar-refractivity contribution in [2.75, 3.05) is 91.4 Å². The van der Waals surface area contributed by atoms with E-state index in [4.69, 9.17) is 56.8 Å². The lowest BCUT2D eigenvalue weighted by molar-refractivity contribution is 0.101. The molecular formula is C67H56F4N6O16. The highest BCUT2D eigenvalue weighted by molar-refractivity contribution is 6.07. The Balaban J connectivity index is 0.000000190. The second-order valence-electron chi connectivity index (χ2n) is 20.0. The van der Waals surface area contributed by atoms with Crippen molar-refractivity contribution in [1.82, 2.24) is 19.1 Å². The van der Waals surface area contributed by atoms with Crippen molar-refractivity contribution < 1.29 is 84.0 Å². The predicted octanol–water partition coefficient (Wildman–Crippen LogP) is 11.4. The van der Waals surface area contributed by atoms with Crippen molar-refractivity contribution in [3.05, 3.63) is 201 Å². The summed E-state index contributed by atoms with van der Waals surface area (Å²) >= 11 is 0. The molecule has 0 radical (unpaired) electrons. The van der Waals surface area contributed by atoms with Gasteiger partial charge in [-0.25, -0.2) is 17.6 Å². The number of amides is 2. The smallest absolute Gasteiger partial charge is 0.271 e. The number of fused-ring (bicyclic) bond motifs is 6. The molecule has 0 saturated heterocycles. The molecule has 2 N–H and O–H groups in total. The van der Waals surface area contributed by atoms with E-state index in [1.54, 1.807) is 45.4 Å². The largest absolute Gasteiger partial charge is 0.496 e. The molecule has 0 spiro atoms. The summed E-state index contributed by atoms with van der Waals surface area (Å²) in [6.45, 7) is 4.38. The molecule has 2 amide bonds. The second-order valence-corrected chi connectivity index (χ2v) is 20.0. The Hall–Kier alpha value is -11.4. The molecule has 0 unspecified atom stereocenters. The zero-order valence-electron chi connectivity index (χ0n) is 50.1. The number of nitrogens with zero attached hydrogens (tertiary/aromatic N) is 4. The van der Waals surface area contributed by atoms with E-state index >= 15 is 8.78 Å². The number of hydrogen-bond acceptors (Lipinski definition) is 18. The lowest BCUT2D eigenvalue weighted by Gasteiger charge is -2.23. The Morgan fingerprint density at radius 3 is 1.30 bits per heavy atom. The van der Waals surface area contributed by atoms with Crippen LogP contribution in [0.15, 0.2) is 156 Å². The van der Waals surface area contributed by atoms with Crippen LogP contribution >= 0.6 is 0 Å². The third-order valence-corrected chi connectivity index (χ3v) is 14.1. The number of carbonyl (C=O) groups is 2. The van der Waals surface area contributed by atoms with Crippen molar-refractivity contribution in [3.63, 3.8) is 0 Å². The first kappa shape index (κ1) is 63.2. The number of hydrogen-bond donors (Lipinski definition) is 2. The van der Waals surface area contributed by atoms with Crippen molar-refractivity contribution in [2.45, 2.75) is 6.92 Å². The van der Waals surface area contributed by atoms with E-state index in [0.29, 0.717) is 94.1 Å². The summed E-state index contributed by atoms with van der Waals surface area (Å²) in [5.74, 6) is -1.62. The number of aromatic nitrogens is 4. The van der Waals surface area contributed by atoms with E-state index in [1.165, 1.54) is 126 Å². The molecule has 93 heavy (non-hydrogen) atoms. The van der Waals surface area contributed by atoms with Gasteiger partial charge < -0.3 is 67.5 Å². The first-order valence-electron chi connectivity index (χ1n) is 28.7. The van der Waals surface area contributed by atoms with E-state index < -0.39 is 46.2 Å². The molecule has 6 aromatic carbocycles. The van der Waals surface area contributed by atoms with Gasteiger partial charge in [0.25, 0.3) is 22.9 Å². The topological polar surface area (TPSA) is 239 Å². The van der Waals surface area contributed by atoms with Crippen LogP contribution in [0, 0.1) is 23.3 Å². The second kappa shape index (κ2) is 28.6. The summed E-state index contributed by atoms with van der Waals surface area (Å²) < 4.78 is 128. The van der Waals surface area contributed by atoms with Crippen molar-refractivity contribution in [1.29, 1.82) is 0 Å². The van der Waals surface area contributed by atoms with Crippen LogP contribution < -0.4 is 69.1 Å². The molecule has 6 heterocycles. The molecular weight excluding hydrogens is 1220 g/mol. The van der Waals surface area contributed by atoms with Gasteiger partial charge in [-0.1, -0.05) is 0 Å². The molecule has 4 aromatic heterocycles. The van der Waals surface area contributed by atoms with Gasteiger partial charge in [0, 0.05) is 86.0 Å². The minimum absolute atomic E-state index is 0.00707. The van der Waals surface area contributed by atoms with E-state index in [2.05, 4.69) is 20.6 Å². The molecule has 0 fully saturated rings. The molecule has 0 bridgehead atoms. The molecule has 10 aromatic rings. The molecule has 12 rings (SSSR count). The van der Waals surface area contributed by atoms with Crippen LogP contribution in [0.1, 0.15) is 27.6 Å². The number of ether oxygens (including phenoxy) is 12. The lowest BCUT2D eigenvalue weighted by atomic mass is 10.1. The van der Waals surface area contributed by atoms with Crippen molar-refractivity contribution in [3.8, 4) is 80.4 Å². The number of carbonyl (C=O) groups excluding carboxylic acids is 2. The summed E-state index contributed by atoms with van der Waals surface area (Å²) in [5.41, 5.74) is -0.293. The van der Waals surface area contributed by atoms with Gasteiger partial charge in [0.2, 0.25) is 11.5 Å². The van der Waals surface area contributed by atoms with Crippen LogP contribution in [0.2, 0.25) is 0 Å². The Labute approximate surface area is 526 Å². The monoisotopic (exact) mass is 1280 g/mol. The summed E-state index contributed by atoms with van der Waals surface area (Å²) in [6.07, 6.45) is 5.84. The zero-order chi connectivity index (χ0) is 65.1. The third kappa shape index (κ3) is 13.9. The Bertz CT molecular complexity index is 4550. The van der Waals surface area contributed by atoms with Crippen LogP contribution in [0.5, 0.6) is 69.0 Å². The first-order chi connectivity index (χ1) is 45.2. The normalized spacial score (nSPS) is 12.1. The number of halogens is 4. The van der Waals surface area contributed by atoms with Gasteiger partial charge in [-0.3, -0.25) is 38.3 Å². The molecule has 0 saturated carbocycles. The van der Waals surface area contributed by atoms with Crippen LogP contribution in [-0.2, 0) is 9.47 Å². The fourth-order valence-corrected chi connectivity index (χ4v) is 9.86. The van der Waals surface area contributed by atoms with Crippen LogP contribution in [0.25, 0.3) is 33.2 Å². The highest BCUT2D eigenvalue weighted by atomic mass is 19.1. The molecule has 478 valence electrons. The van der Waals surface area contributed by atoms with Crippen molar-refractivity contribution >= 4 is 45.0 Å². The van der Waals surface area contributed by atoms with E-state index in [-0.39, 0.29) is 90.0 Å². The maximum atomic E-state index is 15.5. The molecule has 22 nitrogen and oxygen atoms in total. The van der Waals surface area contributed by atoms with E-state index in [1.807, 2.05) is 0 Å². The Morgan fingerprint density at radius 1 is 0.473 bits per heavy atom. The van der Waals surface area contributed by atoms with Gasteiger partial charge in [-0.05, 0) is 104 Å². The minimum Gasteiger partial charge on any atom is -0.496 e. The minimum atomic E-state index is -0.834. The number of nitrogens with one attached hydrogen (secondary N) is 2. The van der Waals surface area contributed by atoms with Crippen LogP contribution in [-0.4, -0.2) is 112 Å². The van der Waals surface area contributed by atoms with Gasteiger partial charge in [0.1, 0.15) is 85.4 Å². The van der Waals surface area contributed by atoms with Gasteiger partial charge in [-0.2, -0.15) is 0 Å². The number of pyridine rings is 4. The third-order valence-electron chi connectivity index (χ3n) is 14.1. The highest BCUT2D eigenvalue weighted by Crippen LogP contribution is 2.50. The van der Waals surface area contributed by atoms with Crippen LogP contribution in [0.3, 0.4) is 0 Å². The summed E-state index contributed by atoms with van der Waals surface area (Å²) in [6, 6.07) is 27.4. The SMILES string of the molecule is CCOc1ccn(-c2ccc(F)cc2)c(=O)c1C(=O)Nc1ccc(Oc2ccnc3cc(OCCOC)c4c(c23)OCCO4)c(F)c1.COCCOc1cc2nccc(Oc3ccc(NC(=O)c4c(OC)ccn(-c5ccc(F)cc5)c4=O)cc3F)c2c2c1OCCO2. The maximum absolute atomic E-state index is 15.5. The molecule has 0 aliphatic carbocycles. The quantitative estimate of drug-likeness (QED) is 0.0502. The van der Waals surface area contributed by atoms with Crippen LogP contribution in [0.4, 0.5) is 28.9 Å². The van der Waals surface area contributed by atoms with E-state index in [0.717, 1.165) is 12.1 Å². The summed E-state index contributed by atoms with van der Waals surface area (Å²) in [5, 5.41) is 6.01. The van der Waals surface area contributed by atoms with Gasteiger partial charge >= 0.3 is 0 Å². The molecule has 0 atom stereocenters. The summed E-state index contributed by atoms with van der Waals surface area (Å²) in [7, 11) is 4.45. The van der Waals surface area contributed by atoms with Crippen molar-refractivity contribution in [2.24, 2.45) is 0 Å².